The maximum Gasteiger partial charge on any atom is 0.573 e. The van der Waals surface area contributed by atoms with Crippen molar-refractivity contribution in [1.82, 2.24) is 4.98 Å². The fraction of sp³-hybridized carbons (Fsp3) is 0.333. The standard InChI is InChI=1S/C9H5F5INO3/c10-8(11)7-3(15)1-5(19-9(12,13)14)4(16-7)2-6(17)18/h1,8H,2H2,(H,17,18). The van der Waals surface area contributed by atoms with Gasteiger partial charge in [-0.1, -0.05) is 0 Å². The maximum atomic E-state index is 12.5. The van der Waals surface area contributed by atoms with Crippen molar-refractivity contribution in [1.29, 1.82) is 0 Å². The van der Waals surface area contributed by atoms with E-state index in [1.54, 1.807) is 0 Å². The highest BCUT2D eigenvalue weighted by Gasteiger charge is 2.33. The van der Waals surface area contributed by atoms with Crippen LogP contribution in [-0.2, 0) is 11.2 Å². The van der Waals surface area contributed by atoms with Crippen LogP contribution >= 0.6 is 22.6 Å². The van der Waals surface area contributed by atoms with Crippen LogP contribution in [0.2, 0.25) is 0 Å². The molecule has 0 aliphatic carbocycles. The summed E-state index contributed by atoms with van der Waals surface area (Å²) in [4.78, 5) is 13.7. The molecule has 1 aromatic heterocycles. The molecule has 1 rings (SSSR count). The van der Waals surface area contributed by atoms with Crippen LogP contribution in [-0.4, -0.2) is 22.4 Å². The summed E-state index contributed by atoms with van der Waals surface area (Å²) < 4.78 is 64.7. The van der Waals surface area contributed by atoms with Crippen molar-refractivity contribution < 1.29 is 36.6 Å². The summed E-state index contributed by atoms with van der Waals surface area (Å²) in [5, 5.41) is 8.52. The third-order valence-electron chi connectivity index (χ3n) is 1.79. The molecule has 10 heteroatoms. The van der Waals surface area contributed by atoms with Crippen molar-refractivity contribution in [2.24, 2.45) is 0 Å². The molecule has 0 bridgehead atoms. The number of rotatable bonds is 4. The molecule has 0 saturated heterocycles. The van der Waals surface area contributed by atoms with Crippen molar-refractivity contribution in [3.8, 4) is 5.75 Å². The van der Waals surface area contributed by atoms with E-state index in [4.69, 9.17) is 5.11 Å². The Bertz CT molecular complexity index is 491. The number of halogens is 6. The zero-order valence-corrected chi connectivity index (χ0v) is 11.0. The molecule has 4 nitrogen and oxygen atoms in total. The van der Waals surface area contributed by atoms with E-state index in [1.807, 2.05) is 0 Å². The first-order valence-corrected chi connectivity index (χ1v) is 5.63. The number of nitrogens with zero attached hydrogens (tertiary/aromatic N) is 1. The van der Waals surface area contributed by atoms with Crippen LogP contribution in [0, 0.1) is 3.57 Å². The first kappa shape index (κ1) is 15.9. The first-order chi connectivity index (χ1) is 8.60. The molecule has 1 aromatic rings. The maximum absolute atomic E-state index is 12.5. The third-order valence-corrected chi connectivity index (χ3v) is 2.66. The van der Waals surface area contributed by atoms with Crippen LogP contribution in [0.1, 0.15) is 17.8 Å². The van der Waals surface area contributed by atoms with E-state index >= 15 is 0 Å². The van der Waals surface area contributed by atoms with Crippen LogP contribution < -0.4 is 4.74 Å². The number of carbonyl (C=O) groups is 1. The number of hydrogen-bond donors (Lipinski definition) is 1. The Labute approximate surface area is 116 Å². The quantitative estimate of drug-likeness (QED) is 0.627. The fourth-order valence-corrected chi connectivity index (χ4v) is 1.80. The third kappa shape index (κ3) is 4.76. The number of ether oxygens (including phenoxy) is 1. The van der Waals surface area contributed by atoms with Gasteiger partial charge in [0.1, 0.15) is 5.69 Å². The van der Waals surface area contributed by atoms with E-state index in [0.717, 1.165) is 0 Å². The lowest BCUT2D eigenvalue weighted by atomic mass is 10.2. The second kappa shape index (κ2) is 5.84. The van der Waals surface area contributed by atoms with Gasteiger partial charge in [-0.2, -0.15) is 0 Å². The van der Waals surface area contributed by atoms with Crippen LogP contribution in [0.3, 0.4) is 0 Å². The van der Waals surface area contributed by atoms with Crippen molar-refractivity contribution in [2.45, 2.75) is 19.2 Å². The highest BCUT2D eigenvalue weighted by molar-refractivity contribution is 14.1. The van der Waals surface area contributed by atoms with Gasteiger partial charge in [0.2, 0.25) is 0 Å². The predicted octanol–water partition coefficient (Wildman–Crippen LogP) is 3.15. The second-order valence-corrected chi connectivity index (χ2v) is 4.38. The molecule has 1 N–H and O–H groups in total. The smallest absolute Gasteiger partial charge is 0.481 e. The topological polar surface area (TPSA) is 59.4 Å². The van der Waals surface area contributed by atoms with Crippen LogP contribution in [0.4, 0.5) is 22.0 Å². The molecule has 0 aliphatic rings. The average molecular weight is 397 g/mol. The molecule has 0 saturated carbocycles. The van der Waals surface area contributed by atoms with Crippen molar-refractivity contribution >= 4 is 28.6 Å². The summed E-state index contributed by atoms with van der Waals surface area (Å²) in [6, 6.07) is 0.681. The summed E-state index contributed by atoms with van der Waals surface area (Å²) >= 11 is 1.37. The minimum atomic E-state index is -5.07. The number of hydrogen-bond acceptors (Lipinski definition) is 3. The molecule has 0 unspecified atom stereocenters. The van der Waals surface area contributed by atoms with E-state index in [0.29, 0.717) is 6.07 Å². The molecule has 0 spiro atoms. The molecular weight excluding hydrogens is 392 g/mol. The molecule has 0 aromatic carbocycles. The number of alkyl halides is 5. The molecular formula is C9H5F5INO3. The van der Waals surface area contributed by atoms with Gasteiger partial charge >= 0.3 is 12.3 Å². The molecule has 19 heavy (non-hydrogen) atoms. The predicted molar refractivity (Wildman–Crippen MR) is 59.9 cm³/mol. The number of aliphatic carboxylic acids is 1. The lowest BCUT2D eigenvalue weighted by molar-refractivity contribution is -0.275. The van der Waals surface area contributed by atoms with Crippen LogP contribution in [0.5, 0.6) is 5.75 Å². The van der Waals surface area contributed by atoms with Gasteiger partial charge in [0.15, 0.2) is 5.75 Å². The Kier molecular flexibility index (Phi) is 4.87. The van der Waals surface area contributed by atoms with Gasteiger partial charge in [0.05, 0.1) is 12.1 Å². The molecule has 0 aliphatic heterocycles. The number of carboxylic acid groups (broad SMARTS) is 1. The Hall–Kier alpha value is -1.20. The average Bonchev–Trinajstić information content (AvgIpc) is 2.18. The van der Waals surface area contributed by atoms with Crippen LogP contribution in [0.15, 0.2) is 6.07 Å². The van der Waals surface area contributed by atoms with Gasteiger partial charge < -0.3 is 9.84 Å². The minimum absolute atomic E-state index is 0.249. The molecule has 1 heterocycles. The molecule has 0 atom stereocenters. The van der Waals surface area contributed by atoms with Gasteiger partial charge in [-0.3, -0.25) is 4.79 Å². The van der Waals surface area contributed by atoms with Crippen molar-refractivity contribution in [3.05, 3.63) is 21.0 Å². The number of aromatic nitrogens is 1. The summed E-state index contributed by atoms with van der Waals surface area (Å²) in [5.74, 6) is -2.41. The Balaban J connectivity index is 3.27. The van der Waals surface area contributed by atoms with Gasteiger partial charge in [0, 0.05) is 3.57 Å². The summed E-state index contributed by atoms with van der Waals surface area (Å²) in [6.45, 7) is 0. The second-order valence-electron chi connectivity index (χ2n) is 3.22. The van der Waals surface area contributed by atoms with Gasteiger partial charge in [-0.15, -0.1) is 13.2 Å². The first-order valence-electron chi connectivity index (χ1n) is 4.55. The fourth-order valence-electron chi connectivity index (χ4n) is 1.16. The highest BCUT2D eigenvalue weighted by atomic mass is 127. The number of pyridine rings is 1. The lowest BCUT2D eigenvalue weighted by Gasteiger charge is -2.14. The largest absolute Gasteiger partial charge is 0.573 e. The molecule has 0 fully saturated rings. The zero-order chi connectivity index (χ0) is 14.8. The Morgan fingerprint density at radius 3 is 2.47 bits per heavy atom. The van der Waals surface area contributed by atoms with E-state index < -0.39 is 42.3 Å². The Morgan fingerprint density at radius 2 is 2.05 bits per heavy atom. The van der Waals surface area contributed by atoms with Crippen molar-refractivity contribution in [2.75, 3.05) is 0 Å². The van der Waals surface area contributed by atoms with E-state index in [9.17, 15) is 26.7 Å². The summed E-state index contributed by atoms with van der Waals surface area (Å²) in [5.41, 5.74) is -1.49. The zero-order valence-electron chi connectivity index (χ0n) is 8.84. The van der Waals surface area contributed by atoms with Gasteiger partial charge in [-0.05, 0) is 28.7 Å². The Morgan fingerprint density at radius 1 is 1.47 bits per heavy atom. The molecule has 0 radical (unpaired) electrons. The molecule has 0 amide bonds. The number of carboxylic acids is 1. The van der Waals surface area contributed by atoms with Gasteiger partial charge in [0.25, 0.3) is 6.43 Å². The minimum Gasteiger partial charge on any atom is -0.481 e. The summed E-state index contributed by atoms with van der Waals surface area (Å²) in [7, 11) is 0. The molecule has 106 valence electrons. The highest BCUT2D eigenvalue weighted by Crippen LogP contribution is 2.31. The lowest BCUT2D eigenvalue weighted by Crippen LogP contribution is -2.20. The van der Waals surface area contributed by atoms with Crippen LogP contribution in [0.25, 0.3) is 0 Å². The van der Waals surface area contributed by atoms with E-state index in [2.05, 4.69) is 9.72 Å². The van der Waals surface area contributed by atoms with E-state index in [1.165, 1.54) is 22.6 Å². The monoisotopic (exact) mass is 397 g/mol. The summed E-state index contributed by atoms with van der Waals surface area (Å²) in [6.07, 6.45) is -9.05. The van der Waals surface area contributed by atoms with E-state index in [-0.39, 0.29) is 3.57 Å². The van der Waals surface area contributed by atoms with Gasteiger partial charge in [-0.25, -0.2) is 13.8 Å². The SMILES string of the molecule is O=C(O)Cc1nc(C(F)F)c(I)cc1OC(F)(F)F. The normalized spacial score (nSPS) is 11.7. The van der Waals surface area contributed by atoms with Crippen molar-refractivity contribution in [3.63, 3.8) is 0 Å².